The Morgan fingerprint density at radius 1 is 0.393 bits per heavy atom. The smallest absolute Gasteiger partial charge is 0.330 e. The van der Waals surface area contributed by atoms with E-state index in [1.54, 1.807) is 0 Å². The Bertz CT molecular complexity index is 2720. The maximum absolute atomic E-state index is 13.2. The van der Waals surface area contributed by atoms with Gasteiger partial charge in [-0.15, -0.1) is 0 Å². The van der Waals surface area contributed by atoms with Crippen molar-refractivity contribution in [1.82, 2.24) is 0 Å². The van der Waals surface area contributed by atoms with E-state index in [2.05, 4.69) is 13.2 Å². The summed E-state index contributed by atoms with van der Waals surface area (Å²) >= 11 is 2.69. The Labute approximate surface area is 620 Å². The van der Waals surface area contributed by atoms with Gasteiger partial charge in [0.15, 0.2) is 68.4 Å². The molecule has 616 valence electrons. The Morgan fingerprint density at radius 2 is 0.804 bits per heavy atom. The highest BCUT2D eigenvalue weighted by Gasteiger charge is 2.57. The molecule has 0 spiro atoms. The molecular weight excluding hydrogens is 1490 g/mol. The van der Waals surface area contributed by atoms with Crippen LogP contribution in [0.3, 0.4) is 0 Å². The minimum absolute atomic E-state index is 0.168. The van der Waals surface area contributed by atoms with Crippen LogP contribution in [0.1, 0.15) is 12.8 Å². The average molecular weight is 1590 g/mol. The number of fused-ring (bicyclic) bond motifs is 8. The molecule has 0 aromatic rings. The highest BCUT2D eigenvalue weighted by Crippen LogP contribution is 2.36. The molecular formula is C63H100O42S2. The monoisotopic (exact) mass is 1590 g/mol. The molecule has 107 heavy (non-hydrogen) atoms. The summed E-state index contributed by atoms with van der Waals surface area (Å²) in [6.45, 7) is 2.68. The van der Waals surface area contributed by atoms with Crippen LogP contribution in [0.5, 0.6) is 0 Å². The molecule has 0 saturated carbocycles. The number of thioether (sulfide) groups is 2. The van der Waals surface area contributed by atoms with E-state index in [9.17, 15) is 101 Å². The summed E-state index contributed by atoms with van der Waals surface area (Å²) in [6.07, 6.45) is -65.0. The molecule has 0 aliphatic carbocycles. The maximum Gasteiger partial charge on any atom is 0.330 e. The number of aliphatic hydroxyl groups excluding tert-OH is 16. The number of esters is 4. The lowest BCUT2D eigenvalue weighted by atomic mass is 9.96. The second-order valence-corrected chi connectivity index (χ2v) is 28.1. The van der Waals surface area contributed by atoms with Crippen LogP contribution in [0.2, 0.25) is 0 Å². The molecule has 0 aromatic heterocycles. The SMILES string of the molecule is C=CC(=O)O[C@@H]1C(O)[C@@H](OCC2O[C@H](OCC3O[C@H](OCC4O[C@@H]5OCC6O[C@H](OC)C(O)[C@@H](OC(=O)CCSCCOCCOCCSCCC(=O)O[C@@H]7C(O)[C@@H](OCC8O[C@H](O[C@H](C5O)[C@@H]4O)C(O)[C@@H](O)[C@@H]8O)OC(COC)[C@H]7O)[C@@H]6O)C(O)[C@@H](OC(=O)C=C)[C@@H]3O)C(O)[C@@H](O)[C@@H]2O)OC(COC)[C@H]1O. The third-order valence-electron chi connectivity index (χ3n) is 18.2. The molecule has 8 aliphatic rings. The van der Waals surface area contributed by atoms with Gasteiger partial charge in [0, 0.05) is 56.5 Å². The minimum Gasteiger partial charge on any atom is -0.456 e. The number of aliphatic hydroxyl groups is 16. The first-order valence-electron chi connectivity index (χ1n) is 34.2. The van der Waals surface area contributed by atoms with Crippen molar-refractivity contribution in [3.8, 4) is 0 Å². The van der Waals surface area contributed by atoms with Crippen molar-refractivity contribution >= 4 is 47.4 Å². The van der Waals surface area contributed by atoms with E-state index in [1.807, 2.05) is 0 Å². The van der Waals surface area contributed by atoms with Gasteiger partial charge in [0.05, 0.1) is 85.5 Å². The second kappa shape index (κ2) is 43.3. The maximum atomic E-state index is 13.2. The molecule has 35 atom stereocenters. The van der Waals surface area contributed by atoms with Gasteiger partial charge in [0.2, 0.25) is 0 Å². The average Bonchev–Trinajstić information content (AvgIpc) is 0.796. The van der Waals surface area contributed by atoms with E-state index in [1.165, 1.54) is 37.7 Å². The van der Waals surface area contributed by atoms with Crippen LogP contribution in [0.15, 0.2) is 25.3 Å². The van der Waals surface area contributed by atoms with Crippen molar-refractivity contribution < 1.29 is 205 Å². The van der Waals surface area contributed by atoms with Gasteiger partial charge in [-0.3, -0.25) is 9.59 Å². The first-order valence-corrected chi connectivity index (χ1v) is 36.5. The van der Waals surface area contributed by atoms with Crippen LogP contribution in [0, 0.1) is 0 Å². The fourth-order valence-electron chi connectivity index (χ4n) is 12.3. The first kappa shape index (κ1) is 89.3. The van der Waals surface area contributed by atoms with Gasteiger partial charge in [0.1, 0.15) is 146 Å². The molecule has 0 amide bonds. The lowest BCUT2D eigenvalue weighted by molar-refractivity contribution is -0.375. The van der Waals surface area contributed by atoms with E-state index in [4.69, 9.17) is 104 Å². The molecule has 8 saturated heterocycles. The number of hydrogen-bond donors (Lipinski definition) is 16. The predicted octanol–water partition coefficient (Wildman–Crippen LogP) is -10.4. The van der Waals surface area contributed by atoms with E-state index in [0.717, 1.165) is 13.2 Å². The van der Waals surface area contributed by atoms with Gasteiger partial charge in [0.25, 0.3) is 0 Å². The summed E-state index contributed by atoms with van der Waals surface area (Å²) in [7, 11) is 3.66. The van der Waals surface area contributed by atoms with Gasteiger partial charge in [-0.25, -0.2) is 9.59 Å². The number of methoxy groups -OCH3 is 3. The molecule has 44 heteroatoms. The summed E-state index contributed by atoms with van der Waals surface area (Å²) in [4.78, 5) is 51.2. The third kappa shape index (κ3) is 23.5. The van der Waals surface area contributed by atoms with Crippen molar-refractivity contribution in [3.63, 3.8) is 0 Å². The van der Waals surface area contributed by atoms with Crippen LogP contribution in [-0.2, 0) is 123 Å². The van der Waals surface area contributed by atoms with Crippen molar-refractivity contribution in [1.29, 1.82) is 0 Å². The lowest BCUT2D eigenvalue weighted by Gasteiger charge is -2.47. The zero-order valence-corrected chi connectivity index (χ0v) is 60.0. The number of ether oxygens (including phenoxy) is 22. The third-order valence-corrected chi connectivity index (χ3v) is 20.1. The van der Waals surface area contributed by atoms with Gasteiger partial charge < -0.3 is 186 Å². The largest absolute Gasteiger partial charge is 0.456 e. The van der Waals surface area contributed by atoms with Crippen molar-refractivity contribution in [2.24, 2.45) is 0 Å². The highest BCUT2D eigenvalue weighted by atomic mass is 32.2. The van der Waals surface area contributed by atoms with Gasteiger partial charge in [-0.1, -0.05) is 13.2 Å². The van der Waals surface area contributed by atoms with Crippen molar-refractivity contribution in [2.75, 3.05) is 117 Å². The molecule has 16 N–H and O–H groups in total. The number of rotatable bonds is 18. The zero-order chi connectivity index (χ0) is 77.9. The van der Waals surface area contributed by atoms with E-state index in [0.29, 0.717) is 24.2 Å². The summed E-state index contributed by atoms with van der Waals surface area (Å²) in [5.74, 6) is -2.51. The van der Waals surface area contributed by atoms with E-state index >= 15 is 0 Å². The zero-order valence-electron chi connectivity index (χ0n) is 58.4. The molecule has 0 radical (unpaired) electrons. The normalized spacial score (nSPS) is 44.6. The van der Waals surface area contributed by atoms with Gasteiger partial charge in [-0.2, -0.15) is 23.5 Å². The van der Waals surface area contributed by atoms with Crippen molar-refractivity contribution in [2.45, 2.75) is 228 Å². The highest BCUT2D eigenvalue weighted by molar-refractivity contribution is 7.99. The number of hydrogen-bond acceptors (Lipinski definition) is 44. The molecule has 42 nitrogen and oxygen atoms in total. The molecule has 8 aliphatic heterocycles. The van der Waals surface area contributed by atoms with Crippen LogP contribution < -0.4 is 0 Å². The first-order chi connectivity index (χ1) is 51.2. The second-order valence-electron chi connectivity index (χ2n) is 25.6. The summed E-state index contributed by atoms with van der Waals surface area (Å²) in [6, 6.07) is 0. The molecule has 8 bridgehead atoms. The topological polar surface area (TPSA) is 595 Å². The van der Waals surface area contributed by atoms with Crippen LogP contribution in [0.25, 0.3) is 0 Å². The standard InChI is InChI=1S/C63H100O42S2/c1-6-32(64)101-53-38(70)25(18-84-3)95-59(48(53)80)90-20-27-36(68)43(75)45(77)58(97-27)89-23-30-41(73)54(102-33(65)7-2)49(81)61(98-30)93-24-31-42(74)56-51(83)62(99-31)92-22-29-40(72)52(47(79)57(86-5)94-29)103-34(66)8-14-106-16-12-87-10-11-88-13-17-107-15-9-35(67)104-55-39(71)26(19-85-4)96-60(50(55)82)91-21-28-37(69)44(76)46(78)63(100-28)105-56/h6-7,25-31,36-63,68-83H,1-2,8-24H2,3-5H3/t25?,26?,27?,28?,29?,30?,31?,36-,37-,38-,39-,40-,41-,42-,43+,44+,45?,46?,47?,48?,49?,50?,51?,52+,53+,54+,55+,56+,57+,58+,59+,60+,61+,62+,63-/m1/s1. The van der Waals surface area contributed by atoms with Gasteiger partial charge in [-0.05, 0) is 0 Å². The quantitative estimate of drug-likeness (QED) is 0.0344. The predicted molar refractivity (Wildman–Crippen MR) is 348 cm³/mol. The summed E-state index contributed by atoms with van der Waals surface area (Å²) in [5.41, 5.74) is 0. The lowest BCUT2D eigenvalue weighted by Crippen LogP contribution is -2.66. The molecule has 8 heterocycles. The fourth-order valence-corrected chi connectivity index (χ4v) is 13.8. The van der Waals surface area contributed by atoms with Gasteiger partial charge >= 0.3 is 23.9 Å². The molecule has 14 unspecified atom stereocenters. The van der Waals surface area contributed by atoms with E-state index < -0.39 is 272 Å². The molecule has 8 fully saturated rings. The molecule has 8 rings (SSSR count). The summed E-state index contributed by atoms with van der Waals surface area (Å²) < 4.78 is 125. The number of carbonyl (C=O) groups excluding carboxylic acids is 4. The Balaban J connectivity index is 1.02. The van der Waals surface area contributed by atoms with Crippen molar-refractivity contribution in [3.05, 3.63) is 25.3 Å². The number of carbonyl (C=O) groups is 4. The Kier molecular flexibility index (Phi) is 36.1. The molecule has 0 aromatic carbocycles. The van der Waals surface area contributed by atoms with Crippen LogP contribution in [0.4, 0.5) is 0 Å². The minimum atomic E-state index is -2.25. The summed E-state index contributed by atoms with van der Waals surface area (Å²) in [5, 5.41) is 182. The van der Waals surface area contributed by atoms with E-state index in [-0.39, 0.29) is 57.4 Å². The van der Waals surface area contributed by atoms with Crippen LogP contribution in [-0.4, -0.2) is 438 Å². The van der Waals surface area contributed by atoms with Crippen LogP contribution >= 0.6 is 23.5 Å². The Hall–Kier alpha value is -3.30. The Morgan fingerprint density at radius 3 is 1.28 bits per heavy atom. The fraction of sp³-hybridized carbons (Fsp3) is 0.873.